The molecule has 0 N–H and O–H groups in total. The summed E-state index contributed by atoms with van der Waals surface area (Å²) in [6.45, 7) is 1.97. The number of thioether (sulfide) groups is 1. The number of carbonyl (C=O) groups is 2. The summed E-state index contributed by atoms with van der Waals surface area (Å²) in [5.41, 5.74) is 2.63. The van der Waals surface area contributed by atoms with E-state index in [2.05, 4.69) is 0 Å². The molecule has 4 rings (SSSR count). The molecule has 1 fully saturated rings. The lowest BCUT2D eigenvalue weighted by Crippen LogP contribution is -2.27. The number of hydrogen-bond acceptors (Lipinski definition) is 3. The van der Waals surface area contributed by atoms with Gasteiger partial charge in [-0.2, -0.15) is 0 Å². The number of hydrogen-bond donors (Lipinski definition) is 0. The summed E-state index contributed by atoms with van der Waals surface area (Å²) in [5, 5.41) is 1.90. The second-order valence-corrected chi connectivity index (χ2v) is 6.91. The standard InChI is InChI=1S/C21H15NO2S/c1-14-9-11-17(12-10-14)22-20(23)19(25-21(22)24)13-16-7-4-6-15-5-2-3-8-18(15)16/h2-13H,1H3/b19-13-. The van der Waals surface area contributed by atoms with Crippen LogP contribution in [0.25, 0.3) is 16.8 Å². The second-order valence-electron chi connectivity index (χ2n) is 5.92. The van der Waals surface area contributed by atoms with E-state index in [9.17, 15) is 9.59 Å². The summed E-state index contributed by atoms with van der Waals surface area (Å²) >= 11 is 0.983. The molecular formula is C21H15NO2S. The van der Waals surface area contributed by atoms with Gasteiger partial charge in [-0.05, 0) is 53.2 Å². The summed E-state index contributed by atoms with van der Waals surface area (Å²) in [5.74, 6) is -0.271. The molecule has 25 heavy (non-hydrogen) atoms. The van der Waals surface area contributed by atoms with Crippen LogP contribution >= 0.6 is 11.8 Å². The van der Waals surface area contributed by atoms with Crippen LogP contribution in [-0.2, 0) is 4.79 Å². The molecule has 3 aromatic carbocycles. The van der Waals surface area contributed by atoms with Crippen molar-refractivity contribution in [3.05, 3.63) is 82.8 Å². The molecule has 4 heteroatoms. The number of benzene rings is 3. The molecule has 0 spiro atoms. The van der Waals surface area contributed by atoms with Crippen molar-refractivity contribution in [2.75, 3.05) is 4.90 Å². The molecule has 1 aliphatic rings. The minimum Gasteiger partial charge on any atom is -0.268 e. The number of fused-ring (bicyclic) bond motifs is 1. The van der Waals surface area contributed by atoms with E-state index < -0.39 is 0 Å². The smallest absolute Gasteiger partial charge is 0.268 e. The zero-order valence-corrected chi connectivity index (χ0v) is 14.4. The monoisotopic (exact) mass is 345 g/mol. The van der Waals surface area contributed by atoms with Crippen molar-refractivity contribution >= 4 is 45.4 Å². The summed E-state index contributed by atoms with van der Waals surface area (Å²) in [4.78, 5) is 26.8. The molecule has 0 radical (unpaired) electrons. The zero-order chi connectivity index (χ0) is 17.4. The molecule has 0 aromatic heterocycles. The van der Waals surface area contributed by atoms with Crippen LogP contribution in [0.5, 0.6) is 0 Å². The Bertz CT molecular complexity index is 1020. The van der Waals surface area contributed by atoms with Gasteiger partial charge in [0, 0.05) is 0 Å². The van der Waals surface area contributed by atoms with E-state index in [0.717, 1.165) is 33.7 Å². The molecule has 1 saturated heterocycles. The van der Waals surface area contributed by atoms with E-state index >= 15 is 0 Å². The maximum Gasteiger partial charge on any atom is 0.298 e. The highest BCUT2D eigenvalue weighted by atomic mass is 32.2. The van der Waals surface area contributed by atoms with Gasteiger partial charge in [-0.1, -0.05) is 60.2 Å². The highest BCUT2D eigenvalue weighted by Gasteiger charge is 2.36. The molecular weight excluding hydrogens is 330 g/mol. The van der Waals surface area contributed by atoms with E-state index in [4.69, 9.17) is 0 Å². The maximum absolute atomic E-state index is 12.8. The number of aryl methyl sites for hydroxylation is 1. The molecule has 3 aromatic rings. The lowest BCUT2D eigenvalue weighted by atomic mass is 10.0. The first kappa shape index (κ1) is 15.7. The Morgan fingerprint density at radius 1 is 0.880 bits per heavy atom. The molecule has 0 unspecified atom stereocenters. The Hall–Kier alpha value is -2.85. The lowest BCUT2D eigenvalue weighted by Gasteiger charge is -2.12. The maximum atomic E-state index is 12.8. The molecule has 0 saturated carbocycles. The normalized spacial score (nSPS) is 16.2. The molecule has 0 atom stereocenters. The van der Waals surface area contributed by atoms with Crippen LogP contribution < -0.4 is 4.90 Å². The van der Waals surface area contributed by atoms with Crippen molar-refractivity contribution in [1.82, 2.24) is 0 Å². The number of rotatable bonds is 2. The first-order valence-corrected chi connectivity index (χ1v) is 8.77. The Balaban J connectivity index is 1.74. The summed E-state index contributed by atoms with van der Waals surface area (Å²) in [6, 6.07) is 21.3. The Morgan fingerprint density at radius 2 is 1.60 bits per heavy atom. The number of imide groups is 1. The third-order valence-electron chi connectivity index (χ3n) is 4.20. The fourth-order valence-electron chi connectivity index (χ4n) is 2.90. The first-order chi connectivity index (χ1) is 12.1. The van der Waals surface area contributed by atoms with E-state index in [0.29, 0.717) is 10.6 Å². The van der Waals surface area contributed by atoms with Gasteiger partial charge in [-0.25, -0.2) is 4.90 Å². The SMILES string of the molecule is Cc1ccc(N2C(=O)S/C(=C\c3cccc4ccccc34)C2=O)cc1. The van der Waals surface area contributed by atoms with Crippen LogP contribution in [0.2, 0.25) is 0 Å². The molecule has 2 amide bonds. The Labute approximate surface area is 150 Å². The molecule has 0 aliphatic carbocycles. The predicted molar refractivity (Wildman–Crippen MR) is 104 cm³/mol. The average Bonchev–Trinajstić information content (AvgIpc) is 2.90. The van der Waals surface area contributed by atoms with Gasteiger partial charge >= 0.3 is 0 Å². The topological polar surface area (TPSA) is 37.4 Å². The van der Waals surface area contributed by atoms with Crippen molar-refractivity contribution < 1.29 is 9.59 Å². The van der Waals surface area contributed by atoms with Crippen LogP contribution in [0.15, 0.2) is 71.6 Å². The molecule has 1 heterocycles. The predicted octanol–water partition coefficient (Wildman–Crippen LogP) is 5.39. The van der Waals surface area contributed by atoms with Crippen LogP contribution in [0.1, 0.15) is 11.1 Å². The number of nitrogens with zero attached hydrogens (tertiary/aromatic N) is 1. The van der Waals surface area contributed by atoms with Gasteiger partial charge in [-0.3, -0.25) is 9.59 Å². The van der Waals surface area contributed by atoms with Crippen LogP contribution in [0.4, 0.5) is 10.5 Å². The summed E-state index contributed by atoms with van der Waals surface area (Å²) in [6.07, 6.45) is 1.81. The minimum atomic E-state index is -0.271. The van der Waals surface area contributed by atoms with Gasteiger partial charge < -0.3 is 0 Å². The van der Waals surface area contributed by atoms with Gasteiger partial charge in [0.2, 0.25) is 0 Å². The highest BCUT2D eigenvalue weighted by molar-refractivity contribution is 8.19. The van der Waals surface area contributed by atoms with Crippen molar-refractivity contribution in [3.8, 4) is 0 Å². The van der Waals surface area contributed by atoms with Gasteiger partial charge in [0.05, 0.1) is 10.6 Å². The van der Waals surface area contributed by atoms with Crippen molar-refractivity contribution in [3.63, 3.8) is 0 Å². The van der Waals surface area contributed by atoms with Crippen LogP contribution in [-0.4, -0.2) is 11.1 Å². The number of anilines is 1. The van der Waals surface area contributed by atoms with Gasteiger partial charge in [0.25, 0.3) is 11.1 Å². The molecule has 122 valence electrons. The van der Waals surface area contributed by atoms with E-state index in [1.165, 1.54) is 4.90 Å². The molecule has 1 aliphatic heterocycles. The Morgan fingerprint density at radius 3 is 2.40 bits per heavy atom. The van der Waals surface area contributed by atoms with E-state index in [1.54, 1.807) is 18.2 Å². The fraction of sp³-hybridized carbons (Fsp3) is 0.0476. The highest BCUT2D eigenvalue weighted by Crippen LogP contribution is 2.36. The summed E-state index contributed by atoms with van der Waals surface area (Å²) in [7, 11) is 0. The number of amides is 2. The largest absolute Gasteiger partial charge is 0.298 e. The van der Waals surface area contributed by atoms with Gasteiger partial charge in [-0.15, -0.1) is 0 Å². The number of carbonyl (C=O) groups excluding carboxylic acids is 2. The average molecular weight is 345 g/mol. The fourth-order valence-corrected chi connectivity index (χ4v) is 3.73. The van der Waals surface area contributed by atoms with Gasteiger partial charge in [0.15, 0.2) is 0 Å². The third-order valence-corrected chi connectivity index (χ3v) is 5.07. The van der Waals surface area contributed by atoms with Crippen molar-refractivity contribution in [2.45, 2.75) is 6.92 Å². The quantitative estimate of drug-likeness (QED) is 0.584. The molecule has 0 bridgehead atoms. The Kier molecular flexibility index (Phi) is 3.90. The van der Waals surface area contributed by atoms with Crippen molar-refractivity contribution in [1.29, 1.82) is 0 Å². The third kappa shape index (κ3) is 2.85. The summed E-state index contributed by atoms with van der Waals surface area (Å²) < 4.78 is 0. The van der Waals surface area contributed by atoms with E-state index in [1.807, 2.05) is 61.5 Å². The first-order valence-electron chi connectivity index (χ1n) is 7.96. The molecule has 3 nitrogen and oxygen atoms in total. The zero-order valence-electron chi connectivity index (χ0n) is 13.6. The van der Waals surface area contributed by atoms with Crippen LogP contribution in [0, 0.1) is 6.92 Å². The van der Waals surface area contributed by atoms with E-state index in [-0.39, 0.29) is 11.1 Å². The second kappa shape index (κ2) is 6.22. The van der Waals surface area contributed by atoms with Crippen molar-refractivity contribution in [2.24, 2.45) is 0 Å². The van der Waals surface area contributed by atoms with Crippen LogP contribution in [0.3, 0.4) is 0 Å². The van der Waals surface area contributed by atoms with Gasteiger partial charge in [0.1, 0.15) is 0 Å². The lowest BCUT2D eigenvalue weighted by molar-refractivity contribution is -0.113. The minimum absolute atomic E-state index is 0.264.